The number of nitrogens with zero attached hydrogens (tertiary/aromatic N) is 1. The van der Waals surface area contributed by atoms with Crippen LogP contribution in [0.25, 0.3) is 0 Å². The first-order valence-electron chi connectivity index (χ1n) is 5.49. The van der Waals surface area contributed by atoms with E-state index in [1.165, 1.54) is 11.1 Å². The van der Waals surface area contributed by atoms with Gasteiger partial charge >= 0.3 is 0 Å². The van der Waals surface area contributed by atoms with Crippen LogP contribution < -0.4 is 5.73 Å². The molecule has 0 saturated heterocycles. The number of aromatic nitrogens is 1. The number of nitrogens with two attached hydrogens (primary N) is 1. The maximum Gasteiger partial charge on any atom is 0.0947 e. The van der Waals surface area contributed by atoms with Crippen molar-refractivity contribution in [3.8, 4) is 0 Å². The van der Waals surface area contributed by atoms with Crippen LogP contribution in [-0.2, 0) is 6.42 Å². The minimum absolute atomic E-state index is 0.0219. The Bertz CT molecular complexity index is 522. The van der Waals surface area contributed by atoms with Crippen LogP contribution in [0.2, 0.25) is 0 Å². The quantitative estimate of drug-likeness (QED) is 0.937. The second kappa shape index (κ2) is 5.29. The monoisotopic (exact) mass is 310 g/mol. The molecule has 2 aromatic rings. The minimum Gasteiger partial charge on any atom is -0.324 e. The molecule has 0 spiro atoms. The van der Waals surface area contributed by atoms with E-state index in [0.717, 1.165) is 21.6 Å². The summed E-state index contributed by atoms with van der Waals surface area (Å²) in [6.45, 7) is 4.10. The highest BCUT2D eigenvalue weighted by Gasteiger charge is 2.11. The number of benzene rings is 1. The molecule has 0 fully saturated rings. The summed E-state index contributed by atoms with van der Waals surface area (Å²) < 4.78 is 1.09. The van der Waals surface area contributed by atoms with E-state index < -0.39 is 0 Å². The Morgan fingerprint density at radius 3 is 2.76 bits per heavy atom. The molecule has 0 amide bonds. The van der Waals surface area contributed by atoms with E-state index >= 15 is 0 Å². The van der Waals surface area contributed by atoms with E-state index in [-0.39, 0.29) is 6.04 Å². The first-order valence-corrected chi connectivity index (χ1v) is 7.16. The van der Waals surface area contributed by atoms with Gasteiger partial charge in [-0.2, -0.15) is 0 Å². The highest BCUT2D eigenvalue weighted by atomic mass is 79.9. The van der Waals surface area contributed by atoms with Crippen molar-refractivity contribution in [1.82, 2.24) is 4.98 Å². The van der Waals surface area contributed by atoms with Crippen LogP contribution in [0.15, 0.2) is 28.1 Å². The molecular weight excluding hydrogens is 296 g/mol. The maximum atomic E-state index is 6.24. The molecule has 0 radical (unpaired) electrons. The van der Waals surface area contributed by atoms with E-state index in [1.807, 2.05) is 13.0 Å². The van der Waals surface area contributed by atoms with Crippen LogP contribution in [0.3, 0.4) is 0 Å². The fourth-order valence-electron chi connectivity index (χ4n) is 1.85. The fraction of sp³-hybridized carbons (Fsp3) is 0.308. The van der Waals surface area contributed by atoms with Crippen molar-refractivity contribution in [2.45, 2.75) is 26.3 Å². The van der Waals surface area contributed by atoms with Gasteiger partial charge in [0.25, 0.3) is 0 Å². The van der Waals surface area contributed by atoms with Crippen molar-refractivity contribution < 1.29 is 0 Å². The zero-order valence-corrected chi connectivity index (χ0v) is 12.3. The standard InChI is InChI=1S/C13H15BrN2S/c1-8-5-10(14)3-4-11(8)12(15)6-13-16-9(2)7-17-13/h3-5,7,12H,6,15H2,1-2H3. The van der Waals surface area contributed by atoms with Gasteiger partial charge in [0.05, 0.1) is 5.01 Å². The zero-order chi connectivity index (χ0) is 12.4. The van der Waals surface area contributed by atoms with E-state index in [9.17, 15) is 0 Å². The van der Waals surface area contributed by atoms with Crippen molar-refractivity contribution in [2.75, 3.05) is 0 Å². The second-order valence-corrected chi connectivity index (χ2v) is 6.05. The lowest BCUT2D eigenvalue weighted by molar-refractivity contribution is 0.711. The number of aryl methyl sites for hydroxylation is 2. The Kier molecular flexibility index (Phi) is 3.97. The summed E-state index contributed by atoms with van der Waals surface area (Å²) in [6, 6.07) is 6.25. The smallest absolute Gasteiger partial charge is 0.0947 e. The molecule has 1 heterocycles. The summed E-state index contributed by atoms with van der Waals surface area (Å²) in [6.07, 6.45) is 0.807. The highest BCUT2D eigenvalue weighted by Crippen LogP contribution is 2.24. The molecular formula is C13H15BrN2S. The lowest BCUT2D eigenvalue weighted by Crippen LogP contribution is -2.14. The van der Waals surface area contributed by atoms with Crippen molar-refractivity contribution in [1.29, 1.82) is 0 Å². The van der Waals surface area contributed by atoms with Crippen LogP contribution in [0.4, 0.5) is 0 Å². The van der Waals surface area contributed by atoms with E-state index in [4.69, 9.17) is 5.73 Å². The van der Waals surface area contributed by atoms with Crippen molar-refractivity contribution in [2.24, 2.45) is 5.73 Å². The molecule has 1 aromatic carbocycles. The fourth-order valence-corrected chi connectivity index (χ4v) is 3.16. The number of halogens is 1. The molecule has 2 N–H and O–H groups in total. The summed E-state index contributed by atoms with van der Waals surface area (Å²) in [7, 11) is 0. The molecule has 2 nitrogen and oxygen atoms in total. The van der Waals surface area contributed by atoms with Gasteiger partial charge in [0.1, 0.15) is 0 Å². The van der Waals surface area contributed by atoms with Crippen LogP contribution >= 0.6 is 27.3 Å². The topological polar surface area (TPSA) is 38.9 Å². The molecule has 0 aliphatic carbocycles. The molecule has 17 heavy (non-hydrogen) atoms. The summed E-state index contributed by atoms with van der Waals surface area (Å²) in [4.78, 5) is 4.45. The third-order valence-electron chi connectivity index (χ3n) is 2.69. The molecule has 1 atom stereocenters. The average Bonchev–Trinajstić information content (AvgIpc) is 2.63. The SMILES string of the molecule is Cc1csc(CC(N)c2ccc(Br)cc2C)n1. The Balaban J connectivity index is 2.17. The summed E-state index contributed by atoms with van der Waals surface area (Å²) in [5.41, 5.74) is 9.73. The molecule has 4 heteroatoms. The number of hydrogen-bond acceptors (Lipinski definition) is 3. The van der Waals surface area contributed by atoms with Crippen molar-refractivity contribution >= 4 is 27.3 Å². The van der Waals surface area contributed by atoms with E-state index in [2.05, 4.69) is 45.4 Å². The van der Waals surface area contributed by atoms with Crippen LogP contribution in [0.5, 0.6) is 0 Å². The van der Waals surface area contributed by atoms with Gasteiger partial charge < -0.3 is 5.73 Å². The molecule has 1 aromatic heterocycles. The zero-order valence-electron chi connectivity index (χ0n) is 9.90. The summed E-state index contributed by atoms with van der Waals surface area (Å²) in [5.74, 6) is 0. The first kappa shape index (κ1) is 12.7. The summed E-state index contributed by atoms with van der Waals surface area (Å²) in [5, 5.41) is 3.17. The number of hydrogen-bond donors (Lipinski definition) is 1. The maximum absolute atomic E-state index is 6.24. The summed E-state index contributed by atoms with van der Waals surface area (Å²) >= 11 is 5.15. The molecule has 90 valence electrons. The van der Waals surface area contributed by atoms with Gasteiger partial charge in [0.15, 0.2) is 0 Å². The largest absolute Gasteiger partial charge is 0.324 e. The lowest BCUT2D eigenvalue weighted by Gasteiger charge is -2.13. The van der Waals surface area contributed by atoms with Crippen molar-refractivity contribution in [3.05, 3.63) is 49.9 Å². The van der Waals surface area contributed by atoms with Gasteiger partial charge in [0, 0.05) is 28.0 Å². The predicted molar refractivity (Wildman–Crippen MR) is 76.4 cm³/mol. The van der Waals surface area contributed by atoms with Gasteiger partial charge in [-0.1, -0.05) is 22.0 Å². The Hall–Kier alpha value is -0.710. The highest BCUT2D eigenvalue weighted by molar-refractivity contribution is 9.10. The van der Waals surface area contributed by atoms with Crippen LogP contribution in [0.1, 0.15) is 27.9 Å². The van der Waals surface area contributed by atoms with Gasteiger partial charge in [-0.15, -0.1) is 11.3 Å². The van der Waals surface area contributed by atoms with Gasteiger partial charge in [-0.05, 0) is 37.1 Å². The predicted octanol–water partition coefficient (Wildman–Crippen LogP) is 3.76. The molecule has 0 bridgehead atoms. The van der Waals surface area contributed by atoms with Gasteiger partial charge in [-0.3, -0.25) is 0 Å². The Morgan fingerprint density at radius 1 is 1.41 bits per heavy atom. The molecule has 0 aliphatic rings. The molecule has 1 unspecified atom stereocenters. The van der Waals surface area contributed by atoms with Gasteiger partial charge in [0.2, 0.25) is 0 Å². The minimum atomic E-state index is 0.0219. The van der Waals surface area contributed by atoms with Gasteiger partial charge in [-0.25, -0.2) is 4.98 Å². The Labute approximate surface area is 114 Å². The number of rotatable bonds is 3. The molecule has 2 rings (SSSR count). The van der Waals surface area contributed by atoms with E-state index in [1.54, 1.807) is 11.3 Å². The third kappa shape index (κ3) is 3.15. The van der Waals surface area contributed by atoms with Crippen LogP contribution in [0, 0.1) is 13.8 Å². The molecule has 0 aliphatic heterocycles. The normalized spacial score (nSPS) is 12.7. The van der Waals surface area contributed by atoms with Crippen LogP contribution in [-0.4, -0.2) is 4.98 Å². The molecule has 0 saturated carbocycles. The second-order valence-electron chi connectivity index (χ2n) is 4.19. The third-order valence-corrected chi connectivity index (χ3v) is 4.17. The first-order chi connectivity index (χ1) is 8.06. The average molecular weight is 311 g/mol. The number of thiazole rings is 1. The lowest BCUT2D eigenvalue weighted by atomic mass is 10.00. The van der Waals surface area contributed by atoms with E-state index in [0.29, 0.717) is 0 Å². The Morgan fingerprint density at radius 2 is 2.18 bits per heavy atom. The van der Waals surface area contributed by atoms with Crippen molar-refractivity contribution in [3.63, 3.8) is 0 Å².